The highest BCUT2D eigenvalue weighted by Crippen LogP contribution is 2.13. The van der Waals surface area contributed by atoms with Crippen molar-refractivity contribution < 1.29 is 0 Å². The molecule has 0 radical (unpaired) electrons. The van der Waals surface area contributed by atoms with Crippen LogP contribution in [0.5, 0.6) is 0 Å². The highest BCUT2D eigenvalue weighted by Gasteiger charge is 2.03. The standard InChI is InChI=1S/C22H26N4/c1-17-9-6-7-13-20(17)16-24-22-25-18(2)15-21(26-22)23-14-8-12-19-10-4-3-5-11-19/h3-7,9-11,13,15H,8,12,14,16H2,1-2H3,(H2,23,24,25,26). The summed E-state index contributed by atoms with van der Waals surface area (Å²) in [5, 5.41) is 6.75. The van der Waals surface area contributed by atoms with Crippen molar-refractivity contribution in [3.63, 3.8) is 0 Å². The van der Waals surface area contributed by atoms with Crippen molar-refractivity contribution in [2.45, 2.75) is 33.2 Å². The first-order valence-corrected chi connectivity index (χ1v) is 9.12. The minimum absolute atomic E-state index is 0.666. The van der Waals surface area contributed by atoms with Crippen molar-refractivity contribution >= 4 is 11.8 Å². The van der Waals surface area contributed by atoms with Crippen molar-refractivity contribution in [2.24, 2.45) is 0 Å². The van der Waals surface area contributed by atoms with Gasteiger partial charge in [0.1, 0.15) is 5.82 Å². The second-order valence-corrected chi connectivity index (χ2v) is 6.51. The molecule has 4 heteroatoms. The van der Waals surface area contributed by atoms with E-state index in [1.54, 1.807) is 0 Å². The van der Waals surface area contributed by atoms with Crippen molar-refractivity contribution in [3.05, 3.63) is 83.0 Å². The van der Waals surface area contributed by atoms with Crippen molar-refractivity contribution in [3.8, 4) is 0 Å². The summed E-state index contributed by atoms with van der Waals surface area (Å²) in [5.41, 5.74) is 4.86. The molecule has 0 aliphatic carbocycles. The van der Waals surface area contributed by atoms with Gasteiger partial charge in [-0.05, 0) is 43.4 Å². The van der Waals surface area contributed by atoms with Gasteiger partial charge in [0, 0.05) is 24.8 Å². The molecule has 1 aromatic heterocycles. The van der Waals surface area contributed by atoms with Gasteiger partial charge < -0.3 is 10.6 Å². The van der Waals surface area contributed by atoms with E-state index < -0.39 is 0 Å². The third-order valence-electron chi connectivity index (χ3n) is 4.34. The van der Waals surface area contributed by atoms with Crippen LogP contribution >= 0.6 is 0 Å². The van der Waals surface area contributed by atoms with E-state index in [1.165, 1.54) is 16.7 Å². The Bertz CT molecular complexity index is 831. The summed E-state index contributed by atoms with van der Waals surface area (Å²) >= 11 is 0. The Morgan fingerprint density at radius 1 is 0.846 bits per heavy atom. The summed E-state index contributed by atoms with van der Waals surface area (Å²) in [6.07, 6.45) is 2.13. The smallest absolute Gasteiger partial charge is 0.225 e. The third kappa shape index (κ3) is 5.31. The molecule has 2 N–H and O–H groups in total. The van der Waals surface area contributed by atoms with Gasteiger partial charge in [0.15, 0.2) is 0 Å². The molecule has 0 saturated heterocycles. The van der Waals surface area contributed by atoms with Crippen molar-refractivity contribution in [1.82, 2.24) is 9.97 Å². The topological polar surface area (TPSA) is 49.8 Å². The van der Waals surface area contributed by atoms with Crippen LogP contribution in [0.1, 0.15) is 28.8 Å². The zero-order valence-corrected chi connectivity index (χ0v) is 15.5. The van der Waals surface area contributed by atoms with Gasteiger partial charge in [0.25, 0.3) is 0 Å². The van der Waals surface area contributed by atoms with Crippen molar-refractivity contribution in [1.29, 1.82) is 0 Å². The van der Waals surface area contributed by atoms with Crippen LogP contribution in [0.25, 0.3) is 0 Å². The molecule has 0 aliphatic heterocycles. The number of nitrogens with one attached hydrogen (secondary N) is 2. The molecule has 3 aromatic rings. The lowest BCUT2D eigenvalue weighted by atomic mass is 10.1. The molecule has 2 aromatic carbocycles. The van der Waals surface area contributed by atoms with Gasteiger partial charge in [-0.15, -0.1) is 0 Å². The van der Waals surface area contributed by atoms with Gasteiger partial charge in [-0.3, -0.25) is 0 Å². The minimum atomic E-state index is 0.666. The molecule has 0 saturated carbocycles. The molecule has 0 spiro atoms. The molecule has 0 unspecified atom stereocenters. The quantitative estimate of drug-likeness (QED) is 0.578. The van der Waals surface area contributed by atoms with Gasteiger partial charge in [-0.2, -0.15) is 4.98 Å². The first-order valence-electron chi connectivity index (χ1n) is 9.12. The summed E-state index contributed by atoms with van der Waals surface area (Å²) in [5.74, 6) is 1.54. The molecule has 26 heavy (non-hydrogen) atoms. The fourth-order valence-corrected chi connectivity index (χ4v) is 2.87. The van der Waals surface area contributed by atoms with Crippen LogP contribution < -0.4 is 10.6 Å². The van der Waals surface area contributed by atoms with Crippen LogP contribution in [0, 0.1) is 13.8 Å². The average molecular weight is 346 g/mol. The van der Waals surface area contributed by atoms with Crippen LogP contribution in [0.3, 0.4) is 0 Å². The predicted octanol–water partition coefficient (Wildman–Crippen LogP) is 4.75. The molecule has 134 valence electrons. The fraction of sp³-hybridized carbons (Fsp3) is 0.273. The number of aryl methyl sites for hydroxylation is 3. The Labute approximate surface area is 155 Å². The summed E-state index contributed by atoms with van der Waals surface area (Å²) < 4.78 is 0. The van der Waals surface area contributed by atoms with E-state index in [0.29, 0.717) is 5.95 Å². The highest BCUT2D eigenvalue weighted by molar-refractivity contribution is 5.42. The number of anilines is 2. The maximum absolute atomic E-state index is 4.59. The van der Waals surface area contributed by atoms with E-state index >= 15 is 0 Å². The first kappa shape index (κ1) is 17.9. The van der Waals surface area contributed by atoms with E-state index in [-0.39, 0.29) is 0 Å². The predicted molar refractivity (Wildman–Crippen MR) is 109 cm³/mol. The Balaban J connectivity index is 1.53. The Morgan fingerprint density at radius 2 is 1.62 bits per heavy atom. The van der Waals surface area contributed by atoms with Crippen LogP contribution in [0.2, 0.25) is 0 Å². The van der Waals surface area contributed by atoms with Gasteiger partial charge >= 0.3 is 0 Å². The summed E-state index contributed by atoms with van der Waals surface area (Å²) in [6.45, 7) is 5.73. The number of nitrogens with zero attached hydrogens (tertiary/aromatic N) is 2. The van der Waals surface area contributed by atoms with E-state index in [1.807, 2.05) is 13.0 Å². The normalized spacial score (nSPS) is 10.5. The zero-order chi connectivity index (χ0) is 18.2. The highest BCUT2D eigenvalue weighted by atomic mass is 15.1. The Kier molecular flexibility index (Phi) is 6.20. The number of benzene rings is 2. The molecule has 1 heterocycles. The number of rotatable bonds is 8. The summed E-state index contributed by atoms with van der Waals surface area (Å²) in [4.78, 5) is 9.08. The van der Waals surface area contributed by atoms with Crippen LogP contribution in [0.4, 0.5) is 11.8 Å². The van der Waals surface area contributed by atoms with Gasteiger partial charge in [-0.1, -0.05) is 54.6 Å². The maximum atomic E-state index is 4.59. The van der Waals surface area contributed by atoms with Gasteiger partial charge in [-0.25, -0.2) is 4.98 Å². The second kappa shape index (κ2) is 8.99. The first-order chi connectivity index (χ1) is 12.7. The van der Waals surface area contributed by atoms with Gasteiger partial charge in [0.05, 0.1) is 0 Å². The minimum Gasteiger partial charge on any atom is -0.370 e. The molecular weight excluding hydrogens is 320 g/mol. The largest absolute Gasteiger partial charge is 0.370 e. The lowest BCUT2D eigenvalue weighted by Gasteiger charge is -2.11. The maximum Gasteiger partial charge on any atom is 0.225 e. The van der Waals surface area contributed by atoms with E-state index in [4.69, 9.17) is 0 Å². The van der Waals surface area contributed by atoms with E-state index in [9.17, 15) is 0 Å². The molecule has 3 rings (SSSR count). The average Bonchev–Trinajstić information content (AvgIpc) is 2.65. The molecule has 0 fully saturated rings. The zero-order valence-electron chi connectivity index (χ0n) is 15.5. The Hall–Kier alpha value is -2.88. The lowest BCUT2D eigenvalue weighted by Crippen LogP contribution is -2.09. The SMILES string of the molecule is Cc1cc(NCCCc2ccccc2)nc(NCc2ccccc2C)n1. The van der Waals surface area contributed by atoms with E-state index in [2.05, 4.69) is 82.1 Å². The molecule has 0 amide bonds. The number of aromatic nitrogens is 2. The molecule has 0 atom stereocenters. The molecular formula is C22H26N4. The summed E-state index contributed by atoms with van der Waals surface area (Å²) in [6, 6.07) is 20.9. The lowest BCUT2D eigenvalue weighted by molar-refractivity contribution is 0.857. The Morgan fingerprint density at radius 3 is 2.42 bits per heavy atom. The second-order valence-electron chi connectivity index (χ2n) is 6.51. The summed E-state index contributed by atoms with van der Waals surface area (Å²) in [7, 11) is 0. The van der Waals surface area contributed by atoms with Crippen molar-refractivity contribution in [2.75, 3.05) is 17.2 Å². The number of hydrogen-bond acceptors (Lipinski definition) is 4. The monoisotopic (exact) mass is 346 g/mol. The fourth-order valence-electron chi connectivity index (χ4n) is 2.87. The van der Waals surface area contributed by atoms with Gasteiger partial charge in [0.2, 0.25) is 5.95 Å². The van der Waals surface area contributed by atoms with Crippen LogP contribution in [-0.2, 0) is 13.0 Å². The molecule has 0 bridgehead atoms. The van der Waals surface area contributed by atoms with Crippen LogP contribution in [-0.4, -0.2) is 16.5 Å². The molecule has 0 aliphatic rings. The van der Waals surface area contributed by atoms with E-state index in [0.717, 1.165) is 37.4 Å². The third-order valence-corrected chi connectivity index (χ3v) is 4.34. The van der Waals surface area contributed by atoms with Crippen LogP contribution in [0.15, 0.2) is 60.7 Å². The molecule has 4 nitrogen and oxygen atoms in total. The number of hydrogen-bond donors (Lipinski definition) is 2.